The van der Waals surface area contributed by atoms with Crippen molar-refractivity contribution in [1.29, 1.82) is 0 Å². The molecule has 2 nitrogen and oxygen atoms in total. The van der Waals surface area contributed by atoms with Crippen molar-refractivity contribution >= 4 is 71.2 Å². The van der Waals surface area contributed by atoms with E-state index in [1.807, 2.05) is 0 Å². The second-order valence-corrected chi connectivity index (χ2v) is 17.7. The zero-order valence-corrected chi connectivity index (χ0v) is 37.3. The molecule has 12 aromatic carbocycles. The predicted octanol–water partition coefficient (Wildman–Crippen LogP) is 18.4. The standard InChI is InChI=1S/C66H44N2/c1-4-18-47(19-5-1)65-60-29-13-12-27-57(60)58-39-34-51(44-62(58)66(65)48-20-6-2-7-21-48)46-31-36-54(37-32-46)67(56-38-33-45-17-10-11-22-49(45)41-56)55-26-16-23-50(42-55)52-35-40-64-61(43-52)59-28-14-15-30-63(59)68(64)53-24-8-3-9-25-53/h1-44H. The summed E-state index contributed by atoms with van der Waals surface area (Å²) in [4.78, 5) is 2.39. The predicted molar refractivity (Wildman–Crippen MR) is 290 cm³/mol. The third kappa shape index (κ3) is 6.73. The van der Waals surface area contributed by atoms with Crippen molar-refractivity contribution in [3.63, 3.8) is 0 Å². The van der Waals surface area contributed by atoms with Gasteiger partial charge in [0.15, 0.2) is 0 Å². The Balaban J connectivity index is 0.939. The van der Waals surface area contributed by atoms with Gasteiger partial charge in [-0.25, -0.2) is 0 Å². The average Bonchev–Trinajstić information content (AvgIpc) is 3.75. The molecular formula is C66H44N2. The molecule has 0 aliphatic heterocycles. The lowest BCUT2D eigenvalue weighted by Gasteiger charge is -2.26. The number of para-hydroxylation sites is 2. The summed E-state index contributed by atoms with van der Waals surface area (Å²) in [5, 5.41) is 9.92. The van der Waals surface area contributed by atoms with Crippen molar-refractivity contribution < 1.29 is 0 Å². The van der Waals surface area contributed by atoms with Gasteiger partial charge in [0.2, 0.25) is 0 Å². The minimum Gasteiger partial charge on any atom is -0.310 e. The van der Waals surface area contributed by atoms with Crippen LogP contribution in [0.4, 0.5) is 17.1 Å². The van der Waals surface area contributed by atoms with Crippen LogP contribution in [0, 0.1) is 0 Å². The molecule has 1 aromatic heterocycles. The van der Waals surface area contributed by atoms with E-state index < -0.39 is 0 Å². The normalized spacial score (nSPS) is 11.5. The van der Waals surface area contributed by atoms with E-state index in [4.69, 9.17) is 0 Å². The molecule has 0 radical (unpaired) electrons. The molecule has 0 aliphatic carbocycles. The molecule has 0 atom stereocenters. The fourth-order valence-electron chi connectivity index (χ4n) is 10.6. The Morgan fingerprint density at radius 1 is 0.235 bits per heavy atom. The third-order valence-electron chi connectivity index (χ3n) is 13.7. The van der Waals surface area contributed by atoms with Crippen LogP contribution < -0.4 is 4.90 Å². The Morgan fingerprint density at radius 3 is 1.50 bits per heavy atom. The van der Waals surface area contributed by atoms with Crippen LogP contribution in [0.15, 0.2) is 267 Å². The maximum absolute atomic E-state index is 2.41. The molecule has 2 heteroatoms. The summed E-state index contributed by atoms with van der Waals surface area (Å²) in [5.74, 6) is 0. The minimum atomic E-state index is 1.09. The molecule has 1 heterocycles. The first-order valence-corrected chi connectivity index (χ1v) is 23.4. The SMILES string of the molecule is c1ccc(-c2c(-c3ccccc3)c3cc(-c4ccc(N(c5cccc(-c6ccc7c(c6)c6ccccc6n7-c6ccccc6)c5)c5ccc6ccccc6c5)cc4)ccc3c3ccccc23)cc1. The summed E-state index contributed by atoms with van der Waals surface area (Å²) in [6.45, 7) is 0. The number of anilines is 3. The van der Waals surface area contributed by atoms with E-state index in [1.165, 1.54) is 93.1 Å². The van der Waals surface area contributed by atoms with Gasteiger partial charge in [-0.1, -0.05) is 194 Å². The van der Waals surface area contributed by atoms with E-state index in [9.17, 15) is 0 Å². The number of nitrogens with zero attached hydrogens (tertiary/aromatic N) is 2. The first-order valence-electron chi connectivity index (χ1n) is 23.4. The van der Waals surface area contributed by atoms with Gasteiger partial charge in [0, 0.05) is 33.5 Å². The largest absolute Gasteiger partial charge is 0.310 e. The Bertz CT molecular complexity index is 4000. The summed E-state index contributed by atoms with van der Waals surface area (Å²) in [6, 6.07) is 97.5. The molecule has 0 fully saturated rings. The van der Waals surface area contributed by atoms with Crippen LogP contribution in [-0.4, -0.2) is 4.57 Å². The van der Waals surface area contributed by atoms with Gasteiger partial charge in [0.1, 0.15) is 0 Å². The molecule has 0 saturated heterocycles. The van der Waals surface area contributed by atoms with Crippen LogP contribution in [-0.2, 0) is 0 Å². The monoisotopic (exact) mass is 864 g/mol. The van der Waals surface area contributed by atoms with Crippen molar-refractivity contribution in [1.82, 2.24) is 4.57 Å². The van der Waals surface area contributed by atoms with E-state index >= 15 is 0 Å². The molecule has 0 N–H and O–H groups in total. The summed E-state index contributed by atoms with van der Waals surface area (Å²) in [7, 11) is 0. The molecular weight excluding hydrogens is 821 g/mol. The van der Waals surface area contributed by atoms with Crippen LogP contribution in [0.1, 0.15) is 0 Å². The van der Waals surface area contributed by atoms with E-state index in [0.29, 0.717) is 0 Å². The fourth-order valence-corrected chi connectivity index (χ4v) is 10.6. The highest BCUT2D eigenvalue weighted by Gasteiger charge is 2.20. The lowest BCUT2D eigenvalue weighted by Crippen LogP contribution is -2.10. The quantitative estimate of drug-likeness (QED) is 0.138. The van der Waals surface area contributed by atoms with Gasteiger partial charge in [-0.3, -0.25) is 0 Å². The highest BCUT2D eigenvalue weighted by Crippen LogP contribution is 2.46. The first kappa shape index (κ1) is 39.4. The summed E-state index contributed by atoms with van der Waals surface area (Å²) < 4.78 is 2.38. The van der Waals surface area contributed by atoms with Gasteiger partial charge < -0.3 is 9.47 Å². The summed E-state index contributed by atoms with van der Waals surface area (Å²) in [6.07, 6.45) is 0. The molecule has 0 unspecified atom stereocenters. The van der Waals surface area contributed by atoms with Gasteiger partial charge in [0.25, 0.3) is 0 Å². The van der Waals surface area contributed by atoms with Crippen molar-refractivity contribution in [2.45, 2.75) is 0 Å². The maximum atomic E-state index is 2.41. The van der Waals surface area contributed by atoms with E-state index in [-0.39, 0.29) is 0 Å². The molecule has 0 amide bonds. The first-order chi connectivity index (χ1) is 33.7. The van der Waals surface area contributed by atoms with E-state index in [0.717, 1.165) is 28.3 Å². The lowest BCUT2D eigenvalue weighted by molar-refractivity contribution is 1.18. The minimum absolute atomic E-state index is 1.09. The molecule has 0 bridgehead atoms. The van der Waals surface area contributed by atoms with Gasteiger partial charge in [-0.2, -0.15) is 0 Å². The maximum Gasteiger partial charge on any atom is 0.0541 e. The topological polar surface area (TPSA) is 8.17 Å². The van der Waals surface area contributed by atoms with Crippen molar-refractivity contribution in [2.75, 3.05) is 4.90 Å². The zero-order valence-electron chi connectivity index (χ0n) is 37.3. The molecule has 0 aliphatic rings. The van der Waals surface area contributed by atoms with Crippen LogP contribution in [0.2, 0.25) is 0 Å². The lowest BCUT2D eigenvalue weighted by atomic mass is 9.84. The van der Waals surface area contributed by atoms with Crippen LogP contribution in [0.25, 0.3) is 104 Å². The van der Waals surface area contributed by atoms with Gasteiger partial charge in [0.05, 0.1) is 11.0 Å². The van der Waals surface area contributed by atoms with Gasteiger partial charge in [-0.15, -0.1) is 0 Å². The second kappa shape index (κ2) is 16.5. The van der Waals surface area contributed by atoms with Gasteiger partial charge >= 0.3 is 0 Å². The molecule has 0 spiro atoms. The van der Waals surface area contributed by atoms with Crippen molar-refractivity contribution in [3.05, 3.63) is 267 Å². The van der Waals surface area contributed by atoms with Crippen LogP contribution >= 0.6 is 0 Å². The highest BCUT2D eigenvalue weighted by atomic mass is 15.1. The number of aromatic nitrogens is 1. The number of rotatable bonds is 8. The van der Waals surface area contributed by atoms with Crippen LogP contribution in [0.5, 0.6) is 0 Å². The number of hydrogen-bond acceptors (Lipinski definition) is 1. The van der Waals surface area contributed by atoms with Crippen LogP contribution in [0.3, 0.4) is 0 Å². The van der Waals surface area contributed by atoms with E-state index in [1.54, 1.807) is 0 Å². The third-order valence-corrected chi connectivity index (χ3v) is 13.7. The Morgan fingerprint density at radius 2 is 0.735 bits per heavy atom. The Kier molecular flexibility index (Phi) is 9.54. The zero-order chi connectivity index (χ0) is 45.0. The molecule has 318 valence electrons. The summed E-state index contributed by atoms with van der Waals surface area (Å²) >= 11 is 0. The Labute approximate surface area is 395 Å². The Hall–Kier alpha value is -8.98. The fraction of sp³-hybridized carbons (Fsp3) is 0. The van der Waals surface area contributed by atoms with E-state index in [2.05, 4.69) is 276 Å². The average molecular weight is 865 g/mol. The van der Waals surface area contributed by atoms with Crippen molar-refractivity contribution in [2.24, 2.45) is 0 Å². The number of benzene rings is 12. The van der Waals surface area contributed by atoms with Gasteiger partial charge in [-0.05, 0) is 150 Å². The number of hydrogen-bond donors (Lipinski definition) is 0. The highest BCUT2D eigenvalue weighted by molar-refractivity contribution is 6.22. The molecule has 68 heavy (non-hydrogen) atoms. The molecule has 13 aromatic rings. The number of fused-ring (bicyclic) bond motifs is 7. The molecule has 13 rings (SSSR count). The summed E-state index contributed by atoms with van der Waals surface area (Å²) in [5.41, 5.74) is 16.5. The van der Waals surface area contributed by atoms with Crippen molar-refractivity contribution in [3.8, 4) is 50.2 Å². The second-order valence-electron chi connectivity index (χ2n) is 17.7. The molecule has 0 saturated carbocycles. The smallest absolute Gasteiger partial charge is 0.0541 e.